The van der Waals surface area contributed by atoms with Gasteiger partial charge in [0.15, 0.2) is 0 Å². The standard InChI is InChI=1S/C20H20N2O5/c1-27-11-12-8-15(20(25)26)10-17(9-12)22-19(24)14-4-2-13(3-5-14)18(23)21-16-6-7-16/h2-5,8-10,16H,6-7,11H2,1H3,(H,21,23)(H,22,24)(H,25,26). The van der Waals surface area contributed by atoms with E-state index in [1.54, 1.807) is 30.3 Å². The molecule has 0 bridgehead atoms. The highest BCUT2D eigenvalue weighted by Gasteiger charge is 2.23. The third-order valence-electron chi connectivity index (χ3n) is 4.13. The smallest absolute Gasteiger partial charge is 0.335 e. The predicted molar refractivity (Wildman–Crippen MR) is 99.0 cm³/mol. The Morgan fingerprint density at radius 1 is 1.00 bits per heavy atom. The third kappa shape index (κ3) is 4.92. The molecule has 0 aromatic heterocycles. The van der Waals surface area contributed by atoms with Gasteiger partial charge in [-0.05, 0) is 60.9 Å². The number of rotatable bonds is 7. The first kappa shape index (κ1) is 18.6. The second-order valence-corrected chi connectivity index (χ2v) is 6.44. The number of carboxylic acid groups (broad SMARTS) is 1. The van der Waals surface area contributed by atoms with Crippen LogP contribution < -0.4 is 10.6 Å². The number of benzene rings is 2. The molecular formula is C20H20N2O5. The molecule has 0 atom stereocenters. The van der Waals surface area contributed by atoms with Crippen molar-refractivity contribution < 1.29 is 24.2 Å². The minimum atomic E-state index is -1.09. The molecule has 1 saturated carbocycles. The van der Waals surface area contributed by atoms with E-state index >= 15 is 0 Å². The number of hydrogen-bond acceptors (Lipinski definition) is 4. The number of anilines is 1. The first-order chi connectivity index (χ1) is 13.0. The first-order valence-electron chi connectivity index (χ1n) is 8.55. The number of ether oxygens (including phenoxy) is 1. The number of methoxy groups -OCH3 is 1. The molecule has 2 amide bonds. The molecule has 1 aliphatic rings. The quantitative estimate of drug-likeness (QED) is 0.697. The van der Waals surface area contributed by atoms with Crippen molar-refractivity contribution in [1.82, 2.24) is 5.32 Å². The molecule has 3 rings (SSSR count). The molecule has 140 valence electrons. The first-order valence-corrected chi connectivity index (χ1v) is 8.55. The summed E-state index contributed by atoms with van der Waals surface area (Å²) in [4.78, 5) is 35.7. The Morgan fingerprint density at radius 2 is 1.63 bits per heavy atom. The molecule has 27 heavy (non-hydrogen) atoms. The fraction of sp³-hybridized carbons (Fsp3) is 0.250. The van der Waals surface area contributed by atoms with Crippen LogP contribution in [0.25, 0.3) is 0 Å². The van der Waals surface area contributed by atoms with Crippen molar-refractivity contribution >= 4 is 23.5 Å². The van der Waals surface area contributed by atoms with Crippen LogP contribution in [-0.2, 0) is 11.3 Å². The maximum atomic E-state index is 12.4. The number of hydrogen-bond donors (Lipinski definition) is 3. The lowest BCUT2D eigenvalue weighted by atomic mass is 10.1. The summed E-state index contributed by atoms with van der Waals surface area (Å²) in [6, 6.07) is 11.1. The average molecular weight is 368 g/mol. The Balaban J connectivity index is 1.72. The van der Waals surface area contributed by atoms with Crippen LogP contribution in [0, 0.1) is 0 Å². The van der Waals surface area contributed by atoms with Gasteiger partial charge in [0.2, 0.25) is 0 Å². The lowest BCUT2D eigenvalue weighted by Crippen LogP contribution is -2.25. The molecule has 1 aliphatic carbocycles. The van der Waals surface area contributed by atoms with E-state index in [4.69, 9.17) is 4.74 Å². The fourth-order valence-corrected chi connectivity index (χ4v) is 2.61. The summed E-state index contributed by atoms with van der Waals surface area (Å²) in [6.07, 6.45) is 2.01. The van der Waals surface area contributed by atoms with E-state index < -0.39 is 11.9 Å². The molecular weight excluding hydrogens is 348 g/mol. The molecule has 3 N–H and O–H groups in total. The molecule has 7 nitrogen and oxygen atoms in total. The number of carbonyl (C=O) groups excluding carboxylic acids is 2. The van der Waals surface area contributed by atoms with Gasteiger partial charge in [-0.3, -0.25) is 9.59 Å². The highest BCUT2D eigenvalue weighted by atomic mass is 16.5. The van der Waals surface area contributed by atoms with Gasteiger partial charge < -0.3 is 20.5 Å². The zero-order valence-corrected chi connectivity index (χ0v) is 14.8. The van der Waals surface area contributed by atoms with Crippen molar-refractivity contribution in [1.29, 1.82) is 0 Å². The summed E-state index contributed by atoms with van der Waals surface area (Å²) < 4.78 is 5.03. The van der Waals surface area contributed by atoms with Crippen molar-refractivity contribution in [2.45, 2.75) is 25.5 Å². The van der Waals surface area contributed by atoms with E-state index in [2.05, 4.69) is 10.6 Å². The maximum absolute atomic E-state index is 12.4. The lowest BCUT2D eigenvalue weighted by molar-refractivity contribution is 0.0696. The van der Waals surface area contributed by atoms with Crippen LogP contribution in [0.1, 0.15) is 49.5 Å². The van der Waals surface area contributed by atoms with E-state index in [1.807, 2.05) is 0 Å². The van der Waals surface area contributed by atoms with Crippen LogP contribution in [0.5, 0.6) is 0 Å². The highest BCUT2D eigenvalue weighted by molar-refractivity contribution is 6.05. The number of aromatic carboxylic acids is 1. The molecule has 0 radical (unpaired) electrons. The molecule has 0 heterocycles. The molecule has 2 aromatic carbocycles. The van der Waals surface area contributed by atoms with Crippen molar-refractivity contribution in [3.63, 3.8) is 0 Å². The Morgan fingerprint density at radius 3 is 2.19 bits per heavy atom. The Labute approximate surface area is 156 Å². The van der Waals surface area contributed by atoms with Crippen molar-refractivity contribution in [3.05, 3.63) is 64.7 Å². The van der Waals surface area contributed by atoms with Crippen molar-refractivity contribution in [3.8, 4) is 0 Å². The van der Waals surface area contributed by atoms with Crippen LogP contribution >= 0.6 is 0 Å². The van der Waals surface area contributed by atoms with Gasteiger partial charge in [0.1, 0.15) is 0 Å². The van der Waals surface area contributed by atoms with Gasteiger partial charge in [-0.25, -0.2) is 4.79 Å². The second kappa shape index (κ2) is 8.01. The molecule has 1 fully saturated rings. The van der Waals surface area contributed by atoms with Crippen LogP contribution in [-0.4, -0.2) is 36.0 Å². The Hall–Kier alpha value is -3.19. The molecule has 0 unspecified atom stereocenters. The number of nitrogens with one attached hydrogen (secondary N) is 2. The topological polar surface area (TPSA) is 105 Å². The van der Waals surface area contributed by atoms with Crippen molar-refractivity contribution in [2.24, 2.45) is 0 Å². The zero-order valence-electron chi connectivity index (χ0n) is 14.8. The van der Waals surface area contributed by atoms with E-state index in [-0.39, 0.29) is 24.1 Å². The van der Waals surface area contributed by atoms with Gasteiger partial charge >= 0.3 is 5.97 Å². The molecule has 2 aromatic rings. The monoisotopic (exact) mass is 368 g/mol. The minimum absolute atomic E-state index is 0.0620. The van der Waals surface area contributed by atoms with Crippen LogP contribution in [0.3, 0.4) is 0 Å². The maximum Gasteiger partial charge on any atom is 0.335 e. The van der Waals surface area contributed by atoms with Gasteiger partial charge in [0.05, 0.1) is 12.2 Å². The van der Waals surface area contributed by atoms with E-state index in [1.165, 1.54) is 19.2 Å². The van der Waals surface area contributed by atoms with Gasteiger partial charge in [-0.2, -0.15) is 0 Å². The Kier molecular flexibility index (Phi) is 5.52. The van der Waals surface area contributed by atoms with Crippen LogP contribution in [0.2, 0.25) is 0 Å². The second-order valence-electron chi connectivity index (χ2n) is 6.44. The Bertz CT molecular complexity index is 872. The summed E-state index contributed by atoms with van der Waals surface area (Å²) in [7, 11) is 1.51. The number of amides is 2. The summed E-state index contributed by atoms with van der Waals surface area (Å²) in [5.41, 5.74) is 1.93. The van der Waals surface area contributed by atoms with Crippen molar-refractivity contribution in [2.75, 3.05) is 12.4 Å². The average Bonchev–Trinajstić information content (AvgIpc) is 3.46. The molecule has 0 saturated heterocycles. The molecule has 0 spiro atoms. The van der Waals surface area contributed by atoms with Gasteiger partial charge in [-0.15, -0.1) is 0 Å². The van der Waals surface area contributed by atoms with Crippen LogP contribution in [0.4, 0.5) is 5.69 Å². The minimum Gasteiger partial charge on any atom is -0.478 e. The summed E-state index contributed by atoms with van der Waals surface area (Å²) >= 11 is 0. The van der Waals surface area contributed by atoms with E-state index in [9.17, 15) is 19.5 Å². The third-order valence-corrected chi connectivity index (χ3v) is 4.13. The highest BCUT2D eigenvalue weighted by Crippen LogP contribution is 2.20. The number of carboxylic acids is 1. The van der Waals surface area contributed by atoms with Gasteiger partial charge in [0, 0.05) is 30.0 Å². The summed E-state index contributed by atoms with van der Waals surface area (Å²) in [5, 5.41) is 14.8. The van der Waals surface area contributed by atoms with E-state index in [0.717, 1.165) is 12.8 Å². The largest absolute Gasteiger partial charge is 0.478 e. The van der Waals surface area contributed by atoms with Gasteiger partial charge in [-0.1, -0.05) is 0 Å². The SMILES string of the molecule is COCc1cc(NC(=O)c2ccc(C(=O)NC3CC3)cc2)cc(C(=O)O)c1. The molecule has 7 heteroatoms. The zero-order chi connectivity index (χ0) is 19.4. The lowest BCUT2D eigenvalue weighted by Gasteiger charge is -2.10. The normalized spacial score (nSPS) is 13.1. The summed E-state index contributed by atoms with van der Waals surface area (Å²) in [5.74, 6) is -1.63. The van der Waals surface area contributed by atoms with E-state index in [0.29, 0.717) is 22.4 Å². The molecule has 0 aliphatic heterocycles. The predicted octanol–water partition coefficient (Wildman–Crippen LogP) is 2.68. The number of carbonyl (C=O) groups is 3. The summed E-state index contributed by atoms with van der Waals surface area (Å²) in [6.45, 7) is 0.231. The van der Waals surface area contributed by atoms with Crippen LogP contribution in [0.15, 0.2) is 42.5 Å². The van der Waals surface area contributed by atoms with Gasteiger partial charge in [0.25, 0.3) is 11.8 Å². The fourth-order valence-electron chi connectivity index (χ4n) is 2.61.